The Hall–Kier alpha value is -3.66. The molecule has 1 atom stereocenters. The molecule has 7 nitrogen and oxygen atoms in total. The first-order chi connectivity index (χ1) is 13.0. The number of benzene rings is 2. The van der Waals surface area contributed by atoms with E-state index in [1.807, 2.05) is 6.07 Å². The highest BCUT2D eigenvalue weighted by Crippen LogP contribution is 2.20. The summed E-state index contributed by atoms with van der Waals surface area (Å²) < 4.78 is 0. The van der Waals surface area contributed by atoms with Crippen molar-refractivity contribution in [3.63, 3.8) is 0 Å². The van der Waals surface area contributed by atoms with Crippen LogP contribution in [0.15, 0.2) is 53.7 Å². The highest BCUT2D eigenvalue weighted by atomic mass is 16.6. The third kappa shape index (κ3) is 4.12. The fourth-order valence-electron chi connectivity index (χ4n) is 2.74. The summed E-state index contributed by atoms with van der Waals surface area (Å²) >= 11 is 0. The Morgan fingerprint density at radius 3 is 2.70 bits per heavy atom. The third-order valence-electron chi connectivity index (χ3n) is 4.03. The molecule has 1 aliphatic heterocycles. The number of anilines is 1. The zero-order valence-electron chi connectivity index (χ0n) is 15.0. The number of carbonyl (C=O) groups excluding carboxylic acids is 2. The molecule has 0 saturated heterocycles. The fraction of sp³-hybridized carbons (Fsp3) is 0.200. The molecular weight excluding hydrogens is 344 g/mol. The lowest BCUT2D eigenvalue weighted by Gasteiger charge is -2.30. The number of hydrogen-bond acceptors (Lipinski definition) is 5. The van der Waals surface area contributed by atoms with Crippen LogP contribution in [-0.2, 0) is 21.0 Å². The summed E-state index contributed by atoms with van der Waals surface area (Å²) in [6.45, 7) is 3.35. The smallest absolute Gasteiger partial charge is 0.272 e. The summed E-state index contributed by atoms with van der Waals surface area (Å²) in [5, 5.41) is 15.9. The lowest BCUT2D eigenvalue weighted by Crippen LogP contribution is -2.46. The molecule has 2 amide bonds. The fourth-order valence-corrected chi connectivity index (χ4v) is 2.74. The Labute approximate surface area is 156 Å². The quantitative estimate of drug-likeness (QED) is 0.904. The van der Waals surface area contributed by atoms with Crippen LogP contribution >= 0.6 is 0 Å². The molecule has 0 bridgehead atoms. The van der Waals surface area contributed by atoms with Crippen molar-refractivity contribution in [1.82, 2.24) is 4.90 Å². The van der Waals surface area contributed by atoms with Gasteiger partial charge in [-0.15, -0.1) is 0 Å². The standard InChI is InChI=1S/C20H18N4O3/c1-13-20(26)24(12-16-5-3-4-15(10-16)11-21)19(23-27-13)17-6-8-18(9-7-17)22-14(2)25/h3-10,13H,12H2,1-2H3,(H,22,25). The van der Waals surface area contributed by atoms with E-state index >= 15 is 0 Å². The van der Waals surface area contributed by atoms with Crippen LogP contribution in [0.1, 0.15) is 30.5 Å². The second-order valence-corrected chi connectivity index (χ2v) is 6.16. The van der Waals surface area contributed by atoms with Crippen LogP contribution in [0.5, 0.6) is 0 Å². The summed E-state index contributed by atoms with van der Waals surface area (Å²) in [6, 6.07) is 16.2. The van der Waals surface area contributed by atoms with Gasteiger partial charge in [0.15, 0.2) is 5.84 Å². The van der Waals surface area contributed by atoms with Crippen molar-refractivity contribution in [2.24, 2.45) is 5.16 Å². The maximum Gasteiger partial charge on any atom is 0.272 e. The lowest BCUT2D eigenvalue weighted by atomic mass is 10.1. The van der Waals surface area contributed by atoms with Gasteiger partial charge in [-0.2, -0.15) is 5.26 Å². The third-order valence-corrected chi connectivity index (χ3v) is 4.03. The summed E-state index contributed by atoms with van der Waals surface area (Å²) in [4.78, 5) is 30.6. The van der Waals surface area contributed by atoms with Crippen molar-refractivity contribution < 1.29 is 14.4 Å². The Kier molecular flexibility index (Phi) is 5.18. The molecule has 27 heavy (non-hydrogen) atoms. The number of hydrogen-bond donors (Lipinski definition) is 1. The van der Waals surface area contributed by atoms with Crippen LogP contribution in [-0.4, -0.2) is 28.7 Å². The van der Waals surface area contributed by atoms with E-state index < -0.39 is 6.10 Å². The number of nitriles is 1. The largest absolute Gasteiger partial charge is 0.381 e. The van der Waals surface area contributed by atoms with Gasteiger partial charge in [0.25, 0.3) is 5.91 Å². The molecule has 7 heteroatoms. The van der Waals surface area contributed by atoms with E-state index in [9.17, 15) is 9.59 Å². The molecule has 0 aromatic heterocycles. The van der Waals surface area contributed by atoms with E-state index in [0.717, 1.165) is 5.56 Å². The van der Waals surface area contributed by atoms with E-state index in [1.54, 1.807) is 49.4 Å². The number of rotatable bonds is 4. The summed E-state index contributed by atoms with van der Waals surface area (Å²) in [5.41, 5.74) is 2.68. The number of carbonyl (C=O) groups is 2. The van der Waals surface area contributed by atoms with Crippen molar-refractivity contribution >= 4 is 23.3 Å². The van der Waals surface area contributed by atoms with Crippen molar-refractivity contribution in [2.75, 3.05) is 5.32 Å². The molecular formula is C20H18N4O3. The Morgan fingerprint density at radius 1 is 1.30 bits per heavy atom. The average molecular weight is 362 g/mol. The highest BCUT2D eigenvalue weighted by Gasteiger charge is 2.31. The van der Waals surface area contributed by atoms with Gasteiger partial charge >= 0.3 is 0 Å². The van der Waals surface area contributed by atoms with E-state index in [2.05, 4.69) is 16.5 Å². The first-order valence-corrected chi connectivity index (χ1v) is 8.40. The Balaban J connectivity index is 1.90. The van der Waals surface area contributed by atoms with E-state index in [-0.39, 0.29) is 18.4 Å². The minimum atomic E-state index is -0.688. The first-order valence-electron chi connectivity index (χ1n) is 8.40. The van der Waals surface area contributed by atoms with Crippen LogP contribution in [0.3, 0.4) is 0 Å². The lowest BCUT2D eigenvalue weighted by molar-refractivity contribution is -0.142. The summed E-state index contributed by atoms with van der Waals surface area (Å²) in [6.07, 6.45) is -0.688. The van der Waals surface area contributed by atoms with Crippen LogP contribution in [0.4, 0.5) is 5.69 Å². The zero-order valence-corrected chi connectivity index (χ0v) is 15.0. The van der Waals surface area contributed by atoms with Crippen LogP contribution in [0.2, 0.25) is 0 Å². The van der Waals surface area contributed by atoms with Gasteiger partial charge in [0.05, 0.1) is 18.2 Å². The van der Waals surface area contributed by atoms with Gasteiger partial charge in [0.2, 0.25) is 12.0 Å². The van der Waals surface area contributed by atoms with Gasteiger partial charge < -0.3 is 10.2 Å². The minimum absolute atomic E-state index is 0.163. The molecule has 1 N–H and O–H groups in total. The summed E-state index contributed by atoms with van der Waals surface area (Å²) in [7, 11) is 0. The van der Waals surface area contributed by atoms with Crippen molar-refractivity contribution in [2.45, 2.75) is 26.5 Å². The molecule has 136 valence electrons. The normalized spacial score (nSPS) is 16.2. The molecule has 1 unspecified atom stereocenters. The predicted octanol–water partition coefficient (Wildman–Crippen LogP) is 2.63. The monoisotopic (exact) mass is 362 g/mol. The van der Waals surface area contributed by atoms with Crippen LogP contribution in [0.25, 0.3) is 0 Å². The van der Waals surface area contributed by atoms with Gasteiger partial charge in [-0.25, -0.2) is 0 Å². The van der Waals surface area contributed by atoms with Crippen molar-refractivity contribution in [1.29, 1.82) is 5.26 Å². The van der Waals surface area contributed by atoms with Crippen LogP contribution in [0, 0.1) is 11.3 Å². The SMILES string of the molecule is CC(=O)Nc1ccc(C2=NOC(C)C(=O)N2Cc2cccc(C#N)c2)cc1. The predicted molar refractivity (Wildman–Crippen MR) is 99.5 cm³/mol. The molecule has 0 radical (unpaired) electrons. The van der Waals surface area contributed by atoms with Gasteiger partial charge in [-0.1, -0.05) is 17.3 Å². The zero-order chi connectivity index (χ0) is 19.4. The van der Waals surface area contributed by atoms with Crippen molar-refractivity contribution in [3.8, 4) is 6.07 Å². The Morgan fingerprint density at radius 2 is 2.04 bits per heavy atom. The maximum atomic E-state index is 12.7. The van der Waals surface area contributed by atoms with Gasteiger partial charge in [-0.05, 0) is 48.9 Å². The molecule has 0 aliphatic carbocycles. The van der Waals surface area contributed by atoms with E-state index in [4.69, 9.17) is 10.1 Å². The minimum Gasteiger partial charge on any atom is -0.381 e. The number of nitrogens with zero attached hydrogens (tertiary/aromatic N) is 3. The second-order valence-electron chi connectivity index (χ2n) is 6.16. The van der Waals surface area contributed by atoms with Gasteiger partial charge in [0, 0.05) is 18.2 Å². The maximum absolute atomic E-state index is 12.7. The van der Waals surface area contributed by atoms with Crippen molar-refractivity contribution in [3.05, 3.63) is 65.2 Å². The Bertz CT molecular complexity index is 944. The molecule has 3 rings (SSSR count). The van der Waals surface area contributed by atoms with Crippen LogP contribution < -0.4 is 5.32 Å². The molecule has 2 aromatic carbocycles. The van der Waals surface area contributed by atoms with Gasteiger partial charge in [0.1, 0.15) is 0 Å². The molecule has 0 fully saturated rings. The number of nitrogens with one attached hydrogen (secondary N) is 1. The topological polar surface area (TPSA) is 94.8 Å². The molecule has 1 heterocycles. The first kappa shape index (κ1) is 18.1. The number of amides is 2. The second kappa shape index (κ2) is 7.70. The number of oxime groups is 1. The molecule has 0 spiro atoms. The molecule has 0 saturated carbocycles. The van der Waals surface area contributed by atoms with Gasteiger partial charge in [-0.3, -0.25) is 14.5 Å². The molecule has 1 aliphatic rings. The van der Waals surface area contributed by atoms with E-state index in [0.29, 0.717) is 22.6 Å². The van der Waals surface area contributed by atoms with E-state index in [1.165, 1.54) is 11.8 Å². The highest BCUT2D eigenvalue weighted by molar-refractivity contribution is 6.09. The number of amidine groups is 1. The molecule has 2 aromatic rings. The average Bonchev–Trinajstić information content (AvgIpc) is 2.66. The summed E-state index contributed by atoms with van der Waals surface area (Å²) in [5.74, 6) is 0.00669.